The van der Waals surface area contributed by atoms with Crippen LogP contribution < -0.4 is 14.2 Å². The zero-order valence-electron chi connectivity index (χ0n) is 16.2. The number of nitrogens with zero attached hydrogens (tertiary/aromatic N) is 1. The van der Waals surface area contributed by atoms with Gasteiger partial charge < -0.3 is 14.2 Å². The van der Waals surface area contributed by atoms with Crippen LogP contribution in [-0.2, 0) is 4.79 Å². The summed E-state index contributed by atoms with van der Waals surface area (Å²) in [4.78, 5) is 16.4. The van der Waals surface area contributed by atoms with Gasteiger partial charge in [0.25, 0.3) is 0 Å². The molecule has 0 saturated heterocycles. The van der Waals surface area contributed by atoms with Crippen LogP contribution in [0.2, 0.25) is 0 Å². The Morgan fingerprint density at radius 3 is 2.45 bits per heavy atom. The van der Waals surface area contributed by atoms with E-state index in [4.69, 9.17) is 14.2 Å². The molecule has 146 valence electrons. The summed E-state index contributed by atoms with van der Waals surface area (Å²) >= 11 is 0. The van der Waals surface area contributed by atoms with Crippen LogP contribution >= 0.6 is 0 Å². The van der Waals surface area contributed by atoms with E-state index < -0.39 is 5.97 Å². The number of rotatable bonds is 7. The number of hydrogen-bond acceptors (Lipinski definition) is 5. The Labute approximate surface area is 169 Å². The smallest absolute Gasteiger partial charge is 0.336 e. The molecule has 29 heavy (non-hydrogen) atoms. The van der Waals surface area contributed by atoms with Gasteiger partial charge in [-0.1, -0.05) is 30.3 Å². The predicted molar refractivity (Wildman–Crippen MR) is 114 cm³/mol. The van der Waals surface area contributed by atoms with Crippen molar-refractivity contribution in [3.8, 4) is 17.2 Å². The first-order valence-corrected chi connectivity index (χ1v) is 8.99. The van der Waals surface area contributed by atoms with Crippen molar-refractivity contribution in [3.05, 3.63) is 89.8 Å². The summed E-state index contributed by atoms with van der Waals surface area (Å²) in [6.07, 6.45) is 8.59. The largest absolute Gasteiger partial charge is 0.497 e. The maximum atomic E-state index is 12.2. The molecule has 0 N–H and O–H groups in total. The van der Waals surface area contributed by atoms with E-state index in [1.54, 1.807) is 31.5 Å². The van der Waals surface area contributed by atoms with Crippen molar-refractivity contribution in [1.82, 2.24) is 4.98 Å². The van der Waals surface area contributed by atoms with Crippen molar-refractivity contribution in [1.29, 1.82) is 0 Å². The number of hydrogen-bond donors (Lipinski definition) is 0. The lowest BCUT2D eigenvalue weighted by atomic mass is 10.1. The Kier molecular flexibility index (Phi) is 6.79. The lowest BCUT2D eigenvalue weighted by Crippen LogP contribution is -2.05. The third kappa shape index (κ3) is 5.81. The molecule has 3 rings (SSSR count). The molecule has 0 fully saturated rings. The van der Waals surface area contributed by atoms with Gasteiger partial charge in [0.2, 0.25) is 0 Å². The van der Waals surface area contributed by atoms with Crippen LogP contribution in [0, 0.1) is 0 Å². The molecular weight excluding hydrogens is 366 g/mol. The molecule has 3 aromatic rings. The standard InChI is InChI=1S/C24H21NO4/c1-27-21-8-5-6-18(16-21)11-14-24(26)29-22-13-10-19(17-23(22)28-2)9-12-20-7-3-4-15-25-20/h3-17H,1-2H3/b12-9+,14-11+. The average Bonchev–Trinajstić information content (AvgIpc) is 2.77. The molecule has 0 bridgehead atoms. The molecule has 1 heterocycles. The quantitative estimate of drug-likeness (QED) is 0.328. The van der Waals surface area contributed by atoms with Crippen LogP contribution in [-0.4, -0.2) is 25.2 Å². The van der Waals surface area contributed by atoms with Crippen LogP contribution in [0.1, 0.15) is 16.8 Å². The number of carbonyl (C=O) groups excluding carboxylic acids is 1. The van der Waals surface area contributed by atoms with Crippen molar-refractivity contribution in [2.45, 2.75) is 0 Å². The summed E-state index contributed by atoms with van der Waals surface area (Å²) in [5, 5.41) is 0. The first kappa shape index (κ1) is 19.9. The topological polar surface area (TPSA) is 57.7 Å². The van der Waals surface area contributed by atoms with Crippen LogP contribution in [0.25, 0.3) is 18.2 Å². The highest BCUT2D eigenvalue weighted by Gasteiger charge is 2.08. The molecule has 5 nitrogen and oxygen atoms in total. The third-order valence-electron chi connectivity index (χ3n) is 4.04. The number of pyridine rings is 1. The first-order valence-electron chi connectivity index (χ1n) is 8.99. The SMILES string of the molecule is COc1cccc(/C=C/C(=O)Oc2ccc(/C=C/c3ccccn3)cc2OC)c1. The first-order chi connectivity index (χ1) is 14.2. The fourth-order valence-electron chi connectivity index (χ4n) is 2.58. The Bertz CT molecular complexity index is 1030. The summed E-state index contributed by atoms with van der Waals surface area (Å²) in [7, 11) is 3.13. The Morgan fingerprint density at radius 2 is 1.69 bits per heavy atom. The van der Waals surface area contributed by atoms with Gasteiger partial charge in [0.05, 0.1) is 19.9 Å². The zero-order chi connectivity index (χ0) is 20.5. The van der Waals surface area contributed by atoms with Crippen molar-refractivity contribution in [2.24, 2.45) is 0 Å². The van der Waals surface area contributed by atoms with Crippen LogP contribution in [0.4, 0.5) is 0 Å². The van der Waals surface area contributed by atoms with Crippen LogP contribution in [0.3, 0.4) is 0 Å². The summed E-state index contributed by atoms with van der Waals surface area (Å²) < 4.78 is 15.9. The van der Waals surface area contributed by atoms with Gasteiger partial charge in [-0.25, -0.2) is 4.79 Å². The molecule has 0 aliphatic carbocycles. The van der Waals surface area contributed by atoms with E-state index in [1.165, 1.54) is 13.2 Å². The lowest BCUT2D eigenvalue weighted by Gasteiger charge is -2.08. The summed E-state index contributed by atoms with van der Waals surface area (Å²) in [5.41, 5.74) is 2.59. The van der Waals surface area contributed by atoms with Crippen molar-refractivity contribution in [3.63, 3.8) is 0 Å². The third-order valence-corrected chi connectivity index (χ3v) is 4.04. The maximum Gasteiger partial charge on any atom is 0.336 e. The van der Waals surface area contributed by atoms with Gasteiger partial charge in [0, 0.05) is 12.3 Å². The van der Waals surface area contributed by atoms with E-state index in [1.807, 2.05) is 60.7 Å². The molecule has 2 aromatic carbocycles. The van der Waals surface area contributed by atoms with Gasteiger partial charge >= 0.3 is 5.97 Å². The molecule has 0 aliphatic heterocycles. The number of benzene rings is 2. The van der Waals surface area contributed by atoms with Gasteiger partial charge in [-0.3, -0.25) is 4.98 Å². The van der Waals surface area contributed by atoms with E-state index in [2.05, 4.69) is 4.98 Å². The highest BCUT2D eigenvalue weighted by atomic mass is 16.6. The van der Waals surface area contributed by atoms with E-state index in [-0.39, 0.29) is 0 Å². The number of ether oxygens (including phenoxy) is 3. The second-order valence-electron chi connectivity index (χ2n) is 6.03. The molecule has 1 aromatic heterocycles. The van der Waals surface area contributed by atoms with Crippen molar-refractivity contribution in [2.75, 3.05) is 14.2 Å². The molecule has 0 radical (unpaired) electrons. The Hall–Kier alpha value is -3.86. The van der Waals surface area contributed by atoms with E-state index in [0.29, 0.717) is 11.5 Å². The van der Waals surface area contributed by atoms with E-state index in [9.17, 15) is 4.79 Å². The van der Waals surface area contributed by atoms with E-state index in [0.717, 1.165) is 22.6 Å². The fourth-order valence-corrected chi connectivity index (χ4v) is 2.58. The van der Waals surface area contributed by atoms with Gasteiger partial charge in [-0.05, 0) is 59.7 Å². The van der Waals surface area contributed by atoms with Gasteiger partial charge in [0.15, 0.2) is 11.5 Å². The molecule has 0 unspecified atom stereocenters. The van der Waals surface area contributed by atoms with Crippen molar-refractivity contribution < 1.29 is 19.0 Å². The second-order valence-corrected chi connectivity index (χ2v) is 6.03. The second kappa shape index (κ2) is 9.90. The summed E-state index contributed by atoms with van der Waals surface area (Å²) in [5.74, 6) is 1.04. The number of esters is 1. The molecule has 0 aliphatic rings. The van der Waals surface area contributed by atoms with Crippen LogP contribution in [0.15, 0.2) is 72.9 Å². The summed E-state index contributed by atoms with van der Waals surface area (Å²) in [6.45, 7) is 0. The van der Waals surface area contributed by atoms with Gasteiger partial charge in [0.1, 0.15) is 5.75 Å². The van der Waals surface area contributed by atoms with Gasteiger partial charge in [-0.2, -0.15) is 0 Å². The molecule has 0 saturated carbocycles. The molecule has 0 amide bonds. The molecule has 5 heteroatoms. The Morgan fingerprint density at radius 1 is 0.828 bits per heavy atom. The minimum atomic E-state index is -0.497. The highest BCUT2D eigenvalue weighted by Crippen LogP contribution is 2.29. The predicted octanol–water partition coefficient (Wildman–Crippen LogP) is 4.89. The fraction of sp³-hybridized carbons (Fsp3) is 0.0833. The zero-order valence-corrected chi connectivity index (χ0v) is 16.2. The summed E-state index contributed by atoms with van der Waals surface area (Å²) in [6, 6.07) is 18.4. The number of aromatic nitrogens is 1. The van der Waals surface area contributed by atoms with Crippen LogP contribution in [0.5, 0.6) is 17.2 Å². The molecule has 0 spiro atoms. The molecular formula is C24H21NO4. The number of methoxy groups -OCH3 is 2. The molecule has 0 atom stereocenters. The normalized spacial score (nSPS) is 11.0. The average molecular weight is 387 g/mol. The highest BCUT2D eigenvalue weighted by molar-refractivity contribution is 5.89. The minimum Gasteiger partial charge on any atom is -0.497 e. The van der Waals surface area contributed by atoms with Crippen molar-refractivity contribution >= 4 is 24.2 Å². The number of carbonyl (C=O) groups is 1. The Balaban J connectivity index is 1.69. The monoisotopic (exact) mass is 387 g/mol. The van der Waals surface area contributed by atoms with Gasteiger partial charge in [-0.15, -0.1) is 0 Å². The lowest BCUT2D eigenvalue weighted by molar-refractivity contribution is -0.129. The maximum absolute atomic E-state index is 12.2. The minimum absolute atomic E-state index is 0.350. The van der Waals surface area contributed by atoms with E-state index >= 15 is 0 Å².